The predicted octanol–water partition coefficient (Wildman–Crippen LogP) is 5.18. The van der Waals surface area contributed by atoms with Gasteiger partial charge < -0.3 is 34.3 Å². The molecule has 0 spiro atoms. The number of amides is 1. The maximum absolute atomic E-state index is 12.4. The molecule has 1 amide bonds. The molecule has 0 unspecified atom stereocenters. The topological polar surface area (TPSA) is 133 Å². The van der Waals surface area contributed by atoms with E-state index in [4.69, 9.17) is 26.4 Å². The van der Waals surface area contributed by atoms with Crippen LogP contribution in [0.5, 0.6) is 11.5 Å². The molecule has 1 fully saturated rings. The highest BCUT2D eigenvalue weighted by atomic mass is 32.1. The van der Waals surface area contributed by atoms with Gasteiger partial charge in [-0.25, -0.2) is 0 Å². The van der Waals surface area contributed by atoms with E-state index in [-0.39, 0.29) is 30.3 Å². The van der Waals surface area contributed by atoms with Gasteiger partial charge in [0.15, 0.2) is 5.11 Å². The number of aryl methyl sites for hydroxylation is 1. The fourth-order valence-electron chi connectivity index (χ4n) is 5.63. The van der Waals surface area contributed by atoms with E-state index in [2.05, 4.69) is 21.7 Å². The first-order valence-corrected chi connectivity index (χ1v) is 14.1. The summed E-state index contributed by atoms with van der Waals surface area (Å²) < 4.78 is 18.1. The number of nitro groups is 1. The second-order valence-corrected chi connectivity index (χ2v) is 10.5. The molecule has 5 rings (SSSR count). The number of nitrogens with zero attached hydrogens (tertiary/aromatic N) is 4. The molecule has 0 bridgehead atoms. The molecule has 2 aromatic heterocycles. The Balaban J connectivity index is 1.66. The van der Waals surface area contributed by atoms with Crippen LogP contribution in [-0.4, -0.2) is 53.4 Å². The van der Waals surface area contributed by atoms with Crippen LogP contribution in [0.2, 0.25) is 0 Å². The van der Waals surface area contributed by atoms with Gasteiger partial charge in [-0.2, -0.15) is 0 Å². The zero-order chi connectivity index (χ0) is 31.5. The Kier molecular flexibility index (Phi) is 8.78. The first kappa shape index (κ1) is 30.4. The molecular formula is C31H32N6O6S. The summed E-state index contributed by atoms with van der Waals surface area (Å²) in [5, 5.41) is 18.2. The fraction of sp³-hybridized carbons (Fsp3) is 0.258. The van der Waals surface area contributed by atoms with Crippen LogP contribution in [0.3, 0.4) is 0 Å². The van der Waals surface area contributed by atoms with Crippen LogP contribution in [0.15, 0.2) is 66.9 Å². The second kappa shape index (κ2) is 12.7. The zero-order valence-electron chi connectivity index (χ0n) is 24.9. The number of carbonyl (C=O) groups excluding carboxylic acids is 1. The summed E-state index contributed by atoms with van der Waals surface area (Å²) >= 11 is 5.92. The normalized spacial score (nSPS) is 16.0. The molecule has 0 aliphatic carbocycles. The van der Waals surface area contributed by atoms with E-state index in [1.165, 1.54) is 33.5 Å². The zero-order valence-corrected chi connectivity index (χ0v) is 25.7. The maximum atomic E-state index is 12.4. The molecule has 4 aromatic rings. The van der Waals surface area contributed by atoms with Crippen molar-refractivity contribution in [2.45, 2.75) is 25.9 Å². The summed E-state index contributed by atoms with van der Waals surface area (Å²) in [6.45, 7) is 3.84. The average molecular weight is 617 g/mol. The monoisotopic (exact) mass is 616 g/mol. The number of pyridine rings is 1. The molecule has 0 saturated carbocycles. The van der Waals surface area contributed by atoms with Crippen molar-refractivity contribution >= 4 is 40.3 Å². The first-order valence-electron chi connectivity index (χ1n) is 13.7. The van der Waals surface area contributed by atoms with Crippen LogP contribution in [0.25, 0.3) is 5.69 Å². The fourth-order valence-corrected chi connectivity index (χ4v) is 5.98. The second-order valence-electron chi connectivity index (χ2n) is 10.1. The molecule has 1 aliphatic heterocycles. The van der Waals surface area contributed by atoms with Gasteiger partial charge in [0, 0.05) is 36.4 Å². The van der Waals surface area contributed by atoms with Crippen LogP contribution < -0.4 is 25.0 Å². The van der Waals surface area contributed by atoms with E-state index in [1.807, 2.05) is 53.6 Å². The smallest absolute Gasteiger partial charge is 0.273 e. The molecule has 228 valence electrons. The molecule has 2 atom stereocenters. The molecule has 2 aromatic carbocycles. The van der Waals surface area contributed by atoms with Crippen LogP contribution in [-0.2, 0) is 9.53 Å². The molecule has 44 heavy (non-hydrogen) atoms. The van der Waals surface area contributed by atoms with E-state index in [0.717, 1.165) is 28.3 Å². The SMILES string of the molecule is COCC(=O)Nc1cc(N2C(=S)N[C@@H](c3ccccn3)[C@H]2c2cc(C)n(-c3ccc([N+](=O)[O-])cc3OC)c2C)ccc1OC. The van der Waals surface area contributed by atoms with Gasteiger partial charge in [0.05, 0.1) is 54.4 Å². The quantitative estimate of drug-likeness (QED) is 0.140. The Hall–Kier alpha value is -5.01. The molecular weight excluding hydrogens is 584 g/mol. The lowest BCUT2D eigenvalue weighted by Crippen LogP contribution is -2.29. The van der Waals surface area contributed by atoms with Crippen molar-refractivity contribution < 1.29 is 23.9 Å². The third kappa shape index (κ3) is 5.66. The highest BCUT2D eigenvalue weighted by molar-refractivity contribution is 7.80. The lowest BCUT2D eigenvalue weighted by molar-refractivity contribution is -0.384. The number of non-ortho nitro benzene ring substituents is 1. The lowest BCUT2D eigenvalue weighted by Gasteiger charge is -2.29. The van der Waals surface area contributed by atoms with Gasteiger partial charge in [0.1, 0.15) is 18.1 Å². The first-order chi connectivity index (χ1) is 21.2. The maximum Gasteiger partial charge on any atom is 0.273 e. The van der Waals surface area contributed by atoms with Crippen molar-refractivity contribution in [2.75, 3.05) is 38.2 Å². The number of rotatable bonds is 10. The van der Waals surface area contributed by atoms with Gasteiger partial charge in [-0.1, -0.05) is 6.07 Å². The molecule has 12 nitrogen and oxygen atoms in total. The summed E-state index contributed by atoms with van der Waals surface area (Å²) in [4.78, 5) is 30.1. The van der Waals surface area contributed by atoms with Gasteiger partial charge >= 0.3 is 0 Å². The summed E-state index contributed by atoms with van der Waals surface area (Å²) in [6, 6.07) is 17.1. The number of hydrogen-bond donors (Lipinski definition) is 2. The Bertz CT molecular complexity index is 1730. The summed E-state index contributed by atoms with van der Waals surface area (Å²) in [5.74, 6) is 0.531. The third-order valence-corrected chi connectivity index (χ3v) is 7.83. The number of aromatic nitrogens is 2. The Labute approximate surface area is 259 Å². The Morgan fingerprint density at radius 3 is 2.50 bits per heavy atom. The number of ether oxygens (including phenoxy) is 3. The molecule has 2 N–H and O–H groups in total. The number of carbonyl (C=O) groups is 1. The minimum Gasteiger partial charge on any atom is -0.495 e. The van der Waals surface area contributed by atoms with E-state index in [9.17, 15) is 14.9 Å². The molecule has 1 aliphatic rings. The molecule has 0 radical (unpaired) electrons. The standard InChI is InChI=1S/C31H32N6O6S/c1-18-14-22(19(2)35(18)25-11-9-21(37(39)40)16-27(25)43-5)30-29(23-8-6-7-13-32-23)34-31(44)36(30)20-10-12-26(42-4)24(15-20)33-28(38)17-41-3/h6-16,29-30H,17H2,1-5H3,(H,33,38)(H,34,44)/t29-,30+/m0/s1. The van der Waals surface area contributed by atoms with Crippen molar-refractivity contribution in [3.8, 4) is 17.2 Å². The van der Waals surface area contributed by atoms with Crippen LogP contribution in [0.4, 0.5) is 17.1 Å². The van der Waals surface area contributed by atoms with Gasteiger partial charge in [-0.15, -0.1) is 0 Å². The summed E-state index contributed by atoms with van der Waals surface area (Å²) in [6.07, 6.45) is 1.74. The van der Waals surface area contributed by atoms with E-state index < -0.39 is 4.92 Å². The predicted molar refractivity (Wildman–Crippen MR) is 170 cm³/mol. The number of nitro benzene ring substituents is 1. The molecule has 3 heterocycles. The number of hydrogen-bond acceptors (Lipinski definition) is 8. The van der Waals surface area contributed by atoms with Gasteiger partial charge in [0.25, 0.3) is 5.69 Å². The molecule has 1 saturated heterocycles. The van der Waals surface area contributed by atoms with E-state index in [0.29, 0.717) is 28.0 Å². The van der Waals surface area contributed by atoms with Crippen LogP contribution >= 0.6 is 12.2 Å². The van der Waals surface area contributed by atoms with Crippen molar-refractivity contribution in [2.24, 2.45) is 0 Å². The summed E-state index contributed by atoms with van der Waals surface area (Å²) in [5.41, 5.74) is 5.32. The van der Waals surface area contributed by atoms with E-state index >= 15 is 0 Å². The Morgan fingerprint density at radius 2 is 1.84 bits per heavy atom. The summed E-state index contributed by atoms with van der Waals surface area (Å²) in [7, 11) is 4.47. The third-order valence-electron chi connectivity index (χ3n) is 7.51. The number of benzene rings is 2. The largest absolute Gasteiger partial charge is 0.495 e. The number of methoxy groups -OCH3 is 3. The van der Waals surface area contributed by atoms with Crippen molar-refractivity contribution in [3.63, 3.8) is 0 Å². The minimum absolute atomic E-state index is 0.0621. The van der Waals surface area contributed by atoms with Crippen LogP contribution in [0, 0.1) is 24.0 Å². The van der Waals surface area contributed by atoms with Gasteiger partial charge in [0.2, 0.25) is 5.91 Å². The lowest BCUT2D eigenvalue weighted by atomic mass is 9.96. The van der Waals surface area contributed by atoms with Gasteiger partial charge in [-0.3, -0.25) is 19.9 Å². The molecule has 13 heteroatoms. The van der Waals surface area contributed by atoms with E-state index in [1.54, 1.807) is 18.3 Å². The highest BCUT2D eigenvalue weighted by Crippen LogP contribution is 2.45. The van der Waals surface area contributed by atoms with Crippen molar-refractivity contribution in [3.05, 3.63) is 99.6 Å². The number of nitrogens with one attached hydrogen (secondary N) is 2. The van der Waals surface area contributed by atoms with Crippen molar-refractivity contribution in [1.29, 1.82) is 0 Å². The van der Waals surface area contributed by atoms with Gasteiger partial charge in [-0.05, 0) is 74.1 Å². The number of anilines is 2. The number of thiocarbonyl (C=S) groups is 1. The highest BCUT2D eigenvalue weighted by Gasteiger charge is 2.42. The average Bonchev–Trinajstić information content (AvgIpc) is 3.51. The minimum atomic E-state index is -0.450. The van der Waals surface area contributed by atoms with Crippen molar-refractivity contribution in [1.82, 2.24) is 14.9 Å². The Morgan fingerprint density at radius 1 is 1.07 bits per heavy atom. The van der Waals surface area contributed by atoms with Crippen LogP contribution in [0.1, 0.15) is 34.7 Å².